The van der Waals surface area contributed by atoms with Crippen molar-refractivity contribution in [3.63, 3.8) is 0 Å². The van der Waals surface area contributed by atoms with Gasteiger partial charge in [0.2, 0.25) is 17.7 Å². The quantitative estimate of drug-likeness (QED) is 0.0798. The van der Waals surface area contributed by atoms with E-state index < -0.39 is 35.5 Å². The van der Waals surface area contributed by atoms with Crippen LogP contribution in [0.4, 0.5) is 10.2 Å². The summed E-state index contributed by atoms with van der Waals surface area (Å²) >= 11 is 0. The van der Waals surface area contributed by atoms with E-state index in [2.05, 4.69) is 37.7 Å². The molecular weight excluding hydrogens is 916 g/mol. The van der Waals surface area contributed by atoms with E-state index >= 15 is 4.39 Å². The van der Waals surface area contributed by atoms with Gasteiger partial charge in [0, 0.05) is 67.9 Å². The summed E-state index contributed by atoms with van der Waals surface area (Å²) in [7, 11) is 2.09. The summed E-state index contributed by atoms with van der Waals surface area (Å²) in [5, 5.41) is 18.2. The molecule has 71 heavy (non-hydrogen) atoms. The Morgan fingerprint density at radius 1 is 0.887 bits per heavy atom. The molecule has 2 aromatic heterocycles. The molecule has 3 unspecified atom stereocenters. The van der Waals surface area contributed by atoms with E-state index in [0.717, 1.165) is 80.5 Å². The van der Waals surface area contributed by atoms with Crippen molar-refractivity contribution < 1.29 is 47.7 Å². The Balaban J connectivity index is 0.00000189. The third-order valence-corrected chi connectivity index (χ3v) is 14.8. The molecule has 0 aliphatic carbocycles. The number of nitrogens with one attached hydrogen (secondary N) is 3. The number of pyridine rings is 1. The summed E-state index contributed by atoms with van der Waals surface area (Å²) in [6, 6.07) is 18.4. The highest BCUT2D eigenvalue weighted by molar-refractivity contribution is 6.23. The van der Waals surface area contributed by atoms with E-state index in [0.29, 0.717) is 41.2 Å². The van der Waals surface area contributed by atoms with E-state index in [9.17, 15) is 24.0 Å². The molecule has 3 aromatic carbocycles. The molecular formula is C51H55FN10O9. The van der Waals surface area contributed by atoms with Gasteiger partial charge in [-0.15, -0.1) is 0 Å². The summed E-state index contributed by atoms with van der Waals surface area (Å²) in [5.41, 5.74) is 1.45. The fraction of sp³-hybridized carbons (Fsp3) is 0.431. The molecule has 20 heteroatoms. The Morgan fingerprint density at radius 3 is 2.41 bits per heavy atom. The van der Waals surface area contributed by atoms with Crippen LogP contribution in [0.25, 0.3) is 32.9 Å². The second-order valence-electron chi connectivity index (χ2n) is 19.1. The van der Waals surface area contributed by atoms with Gasteiger partial charge in [0.25, 0.3) is 18.3 Å². The molecule has 6 aliphatic heterocycles. The highest BCUT2D eigenvalue weighted by atomic mass is 19.1. The van der Waals surface area contributed by atoms with Crippen molar-refractivity contribution in [2.24, 2.45) is 5.92 Å². The topological polar surface area (TPSA) is 229 Å². The minimum Gasteiger partial charge on any atom is -0.492 e. The zero-order valence-corrected chi connectivity index (χ0v) is 39.2. The van der Waals surface area contributed by atoms with Crippen molar-refractivity contribution in [3.8, 4) is 23.0 Å². The Morgan fingerprint density at radius 2 is 1.63 bits per heavy atom. The van der Waals surface area contributed by atoms with Gasteiger partial charge in [0.15, 0.2) is 5.82 Å². The third-order valence-electron chi connectivity index (χ3n) is 14.8. The minimum atomic E-state index is -1.04. The maximum atomic E-state index is 16.9. The number of likely N-dealkylation sites (N-methyl/N-ethyl adjacent to an activating group) is 1. The van der Waals surface area contributed by atoms with Gasteiger partial charge in [-0.25, -0.2) is 4.39 Å². The first kappa shape index (κ1) is 47.5. The maximum absolute atomic E-state index is 16.9. The molecule has 5 aromatic rings. The number of rotatable bonds is 12. The Kier molecular flexibility index (Phi) is 13.6. The van der Waals surface area contributed by atoms with Gasteiger partial charge in [-0.2, -0.15) is 9.97 Å². The molecule has 0 spiro atoms. The van der Waals surface area contributed by atoms with Gasteiger partial charge in [-0.1, -0.05) is 42.5 Å². The van der Waals surface area contributed by atoms with Gasteiger partial charge >= 0.3 is 6.01 Å². The molecule has 5 atom stereocenters. The van der Waals surface area contributed by atoms with Gasteiger partial charge in [0.05, 0.1) is 23.1 Å². The van der Waals surface area contributed by atoms with Crippen LogP contribution in [0.1, 0.15) is 65.7 Å². The number of likely N-dealkylation sites (tertiary alicyclic amines) is 2. The van der Waals surface area contributed by atoms with Crippen LogP contribution in [-0.2, 0) is 19.2 Å². The molecule has 8 heterocycles. The smallest absolute Gasteiger partial charge is 0.319 e. The van der Waals surface area contributed by atoms with Crippen LogP contribution in [0.2, 0.25) is 0 Å². The van der Waals surface area contributed by atoms with Crippen molar-refractivity contribution in [3.05, 3.63) is 83.8 Å². The number of aromatic nitrogens is 3. The first-order valence-corrected chi connectivity index (χ1v) is 24.2. The lowest BCUT2D eigenvalue weighted by Gasteiger charge is -2.35. The van der Waals surface area contributed by atoms with E-state index in [1.165, 1.54) is 12.1 Å². The number of piperazine rings is 1. The number of benzene rings is 3. The summed E-state index contributed by atoms with van der Waals surface area (Å²) in [6.45, 7) is 4.45. The van der Waals surface area contributed by atoms with Crippen molar-refractivity contribution in [2.75, 3.05) is 64.4 Å². The average molecular weight is 971 g/mol. The van der Waals surface area contributed by atoms with E-state index in [4.69, 9.17) is 34.3 Å². The molecule has 0 radical (unpaired) electrons. The summed E-state index contributed by atoms with van der Waals surface area (Å²) in [6.07, 6.45) is 6.33. The summed E-state index contributed by atoms with van der Waals surface area (Å²) < 4.78 is 29.1. The number of halogens is 1. The van der Waals surface area contributed by atoms with Crippen LogP contribution >= 0.6 is 0 Å². The second kappa shape index (κ2) is 20.3. The number of piperidine rings is 2. The minimum absolute atomic E-state index is 0.0302. The van der Waals surface area contributed by atoms with Crippen molar-refractivity contribution in [1.29, 1.82) is 0 Å². The number of carboxylic acid groups (broad SMARTS) is 1. The van der Waals surface area contributed by atoms with Gasteiger partial charge in [0.1, 0.15) is 42.0 Å². The lowest BCUT2D eigenvalue weighted by Crippen LogP contribution is -2.54. The van der Waals surface area contributed by atoms with E-state index in [-0.39, 0.29) is 84.7 Å². The zero-order chi connectivity index (χ0) is 49.3. The summed E-state index contributed by atoms with van der Waals surface area (Å²) in [5.74, 6) is -1.94. The highest BCUT2D eigenvalue weighted by Crippen LogP contribution is 2.37. The lowest BCUT2D eigenvalue weighted by molar-refractivity contribution is -0.136. The largest absolute Gasteiger partial charge is 0.492 e. The molecule has 0 saturated carbocycles. The Hall–Kier alpha value is -7.16. The zero-order valence-electron chi connectivity index (χ0n) is 39.2. The fourth-order valence-corrected chi connectivity index (χ4v) is 11.2. The van der Waals surface area contributed by atoms with Gasteiger partial charge in [-0.3, -0.25) is 53.8 Å². The monoisotopic (exact) mass is 970 g/mol. The lowest BCUT2D eigenvalue weighted by atomic mass is 9.94. The van der Waals surface area contributed by atoms with Gasteiger partial charge in [-0.05, 0) is 87.6 Å². The number of carbonyl (C=O) groups excluding carboxylic acids is 5. The number of amides is 5. The predicted molar refractivity (Wildman–Crippen MR) is 257 cm³/mol. The molecule has 19 nitrogen and oxygen atoms in total. The summed E-state index contributed by atoms with van der Waals surface area (Å²) in [4.78, 5) is 94.1. The molecule has 2 bridgehead atoms. The van der Waals surface area contributed by atoms with Crippen LogP contribution in [0, 0.1) is 11.7 Å². The molecule has 6 aliphatic rings. The third kappa shape index (κ3) is 9.58. The van der Waals surface area contributed by atoms with Crippen LogP contribution in [-0.4, -0.2) is 161 Å². The molecule has 5 saturated heterocycles. The van der Waals surface area contributed by atoms with Crippen molar-refractivity contribution in [2.45, 2.75) is 75.2 Å². The molecule has 4 N–H and O–H groups in total. The first-order chi connectivity index (χ1) is 34.5. The number of hydrogen-bond acceptors (Lipinski definition) is 15. The average Bonchev–Trinajstić information content (AvgIpc) is 4.01. The molecule has 11 rings (SSSR count). The van der Waals surface area contributed by atoms with E-state index in [1.807, 2.05) is 42.5 Å². The van der Waals surface area contributed by atoms with E-state index in [1.54, 1.807) is 12.3 Å². The van der Waals surface area contributed by atoms with Crippen LogP contribution in [0.15, 0.2) is 66.9 Å². The SMILES string of the molecule is CN1C[C@@H](N2CCC(C(=O)NCCOc3ccc4c(c3)C(=O)N(C3CCC(=O)NC3=O)C4=O)CC2)C[C@H]1COc1nc(N2CC3CCC(C2)N3)c2cnc(-c3cccc4ccccc34)c(F)c2n1.O=CO. The number of carbonyl (C=O) groups is 6. The molecule has 5 fully saturated rings. The molecule has 370 valence electrons. The fourth-order valence-electron chi connectivity index (χ4n) is 11.2. The number of ether oxygens (including phenoxy) is 2. The van der Waals surface area contributed by atoms with Crippen LogP contribution in [0.3, 0.4) is 0 Å². The number of hydrogen-bond donors (Lipinski definition) is 4. The Labute approximate surface area is 408 Å². The number of fused-ring (bicyclic) bond motifs is 5. The van der Waals surface area contributed by atoms with Crippen molar-refractivity contribution >= 4 is 63.5 Å². The highest BCUT2D eigenvalue weighted by Gasteiger charge is 2.45. The maximum Gasteiger partial charge on any atom is 0.319 e. The number of imide groups is 2. The normalized spacial score (nSPS) is 23.7. The van der Waals surface area contributed by atoms with Crippen molar-refractivity contribution in [1.82, 2.24) is 45.6 Å². The standard InChI is InChI=1S/C50H53FN10O7.CH2O2/c1-58-26-32(59-18-15-29(16-19-59)46(63)52-17-20-67-34-11-12-37-38(22-34)49(66)61(48(37)65)40-13-14-41(62)55-47(40)64)21-33(58)27-68-50-56-44-39(45(57-50)60-24-30-9-10-31(25-60)54-30)23-53-43(42(44)51)36-8-4-6-28-5-2-3-7-35(28)36;2-1-3/h2-8,11-12,22-23,29-33,40,54H,9-10,13-21,24-27H2,1H3,(H,52,63)(H,55,62,64);1H,(H,2,3)/t30?,31?,32-,33-,40?;/m0./s1. The van der Waals surface area contributed by atoms with Crippen LogP contribution < -0.4 is 30.3 Å². The molecule has 5 amide bonds. The van der Waals surface area contributed by atoms with Crippen LogP contribution in [0.5, 0.6) is 11.8 Å². The Bertz CT molecular complexity index is 2900. The number of anilines is 1. The van der Waals surface area contributed by atoms with Gasteiger partial charge < -0.3 is 30.1 Å². The predicted octanol–water partition coefficient (Wildman–Crippen LogP) is 3.39. The first-order valence-electron chi connectivity index (χ1n) is 24.2. The second-order valence-corrected chi connectivity index (χ2v) is 19.1. The number of nitrogens with zero attached hydrogens (tertiary/aromatic N) is 7.